The Hall–Kier alpha value is -0.890. The topological polar surface area (TPSA) is 20.2 Å². The molecular weight excluding hydrogens is 167 g/mol. The zero-order valence-corrected chi connectivity index (χ0v) is 7.63. The number of hydrogen-bond donors (Lipinski definition) is 1. The smallest absolute Gasteiger partial charge is 0.123 e. The minimum atomic E-state index is -0.477. The van der Waals surface area contributed by atoms with Crippen LogP contribution in [0.5, 0.6) is 0 Å². The van der Waals surface area contributed by atoms with Gasteiger partial charge < -0.3 is 5.11 Å². The first-order chi connectivity index (χ1) is 6.16. The van der Waals surface area contributed by atoms with Crippen LogP contribution in [0.3, 0.4) is 0 Å². The molecule has 0 aliphatic heterocycles. The van der Waals surface area contributed by atoms with Crippen molar-refractivity contribution in [3.8, 4) is 0 Å². The molecule has 1 aliphatic rings. The molecule has 0 heterocycles. The van der Waals surface area contributed by atoms with E-state index in [0.29, 0.717) is 5.92 Å². The lowest BCUT2D eigenvalue weighted by molar-refractivity contribution is 0.136. The number of benzene rings is 1. The summed E-state index contributed by atoms with van der Waals surface area (Å²) in [6.07, 6.45) is 1.22. The second-order valence-electron chi connectivity index (χ2n) is 3.90. The first-order valence-electron chi connectivity index (χ1n) is 4.63. The fourth-order valence-corrected chi connectivity index (χ4v) is 2.03. The van der Waals surface area contributed by atoms with Crippen LogP contribution in [0.1, 0.15) is 30.6 Å². The molecule has 1 N–H and O–H groups in total. The molecule has 2 atom stereocenters. The van der Waals surface area contributed by atoms with E-state index in [1.54, 1.807) is 6.07 Å². The Morgan fingerprint density at radius 1 is 1.46 bits per heavy atom. The van der Waals surface area contributed by atoms with Gasteiger partial charge in [0.1, 0.15) is 5.82 Å². The third kappa shape index (κ3) is 1.59. The van der Waals surface area contributed by atoms with Crippen molar-refractivity contribution in [3.63, 3.8) is 0 Å². The minimum absolute atomic E-state index is 0.257. The zero-order chi connectivity index (χ0) is 9.42. The van der Waals surface area contributed by atoms with Gasteiger partial charge in [-0.15, -0.1) is 0 Å². The van der Waals surface area contributed by atoms with Crippen molar-refractivity contribution in [2.45, 2.75) is 25.9 Å². The van der Waals surface area contributed by atoms with E-state index in [0.717, 1.165) is 24.0 Å². The lowest BCUT2D eigenvalue weighted by atomic mass is 9.83. The molecule has 1 aromatic rings. The van der Waals surface area contributed by atoms with Crippen LogP contribution in [0.2, 0.25) is 0 Å². The molecule has 0 amide bonds. The van der Waals surface area contributed by atoms with E-state index in [-0.39, 0.29) is 5.82 Å². The van der Waals surface area contributed by atoms with Crippen molar-refractivity contribution < 1.29 is 9.50 Å². The van der Waals surface area contributed by atoms with Gasteiger partial charge in [-0.2, -0.15) is 0 Å². The summed E-state index contributed by atoms with van der Waals surface area (Å²) in [5, 5.41) is 9.69. The molecule has 0 saturated carbocycles. The van der Waals surface area contributed by atoms with E-state index < -0.39 is 6.10 Å². The molecule has 2 heteroatoms. The molecule has 0 bridgehead atoms. The van der Waals surface area contributed by atoms with Crippen LogP contribution in [0.15, 0.2) is 18.2 Å². The fraction of sp³-hybridized carbons (Fsp3) is 0.455. The summed E-state index contributed by atoms with van der Waals surface area (Å²) in [6.45, 7) is 2.11. The predicted octanol–water partition coefficient (Wildman–Crippen LogP) is 2.44. The van der Waals surface area contributed by atoms with Gasteiger partial charge in [-0.05, 0) is 42.0 Å². The third-order valence-electron chi connectivity index (χ3n) is 2.66. The van der Waals surface area contributed by atoms with E-state index >= 15 is 0 Å². The number of aliphatic hydroxyl groups is 1. The fourth-order valence-electron chi connectivity index (χ4n) is 2.03. The Bertz CT molecular complexity index is 322. The van der Waals surface area contributed by atoms with E-state index in [1.165, 1.54) is 12.1 Å². The maximum Gasteiger partial charge on any atom is 0.123 e. The summed E-state index contributed by atoms with van der Waals surface area (Å²) < 4.78 is 12.9. The Morgan fingerprint density at radius 3 is 3.00 bits per heavy atom. The van der Waals surface area contributed by atoms with Crippen LogP contribution in [0, 0.1) is 11.7 Å². The summed E-state index contributed by atoms with van der Waals surface area (Å²) in [5.41, 5.74) is 1.87. The highest BCUT2D eigenvalue weighted by Crippen LogP contribution is 2.33. The second-order valence-corrected chi connectivity index (χ2v) is 3.90. The highest BCUT2D eigenvalue weighted by atomic mass is 19.1. The van der Waals surface area contributed by atoms with E-state index in [1.807, 2.05) is 0 Å². The van der Waals surface area contributed by atoms with Crippen molar-refractivity contribution in [3.05, 3.63) is 35.1 Å². The SMILES string of the molecule is CC1Cc2ccc(F)cc2C(O)C1. The van der Waals surface area contributed by atoms with Gasteiger partial charge in [0.25, 0.3) is 0 Å². The van der Waals surface area contributed by atoms with Crippen LogP contribution in [0.4, 0.5) is 4.39 Å². The van der Waals surface area contributed by atoms with Gasteiger partial charge in [-0.25, -0.2) is 4.39 Å². The summed E-state index contributed by atoms with van der Waals surface area (Å²) in [6, 6.07) is 4.69. The molecular formula is C11H13FO. The molecule has 1 aliphatic carbocycles. The molecule has 0 aromatic heterocycles. The molecule has 13 heavy (non-hydrogen) atoms. The summed E-state index contributed by atoms with van der Waals surface area (Å²) >= 11 is 0. The zero-order valence-electron chi connectivity index (χ0n) is 7.63. The van der Waals surface area contributed by atoms with E-state index in [2.05, 4.69) is 6.92 Å². The molecule has 70 valence electrons. The molecule has 0 spiro atoms. The number of hydrogen-bond acceptors (Lipinski definition) is 1. The van der Waals surface area contributed by atoms with Crippen LogP contribution < -0.4 is 0 Å². The Balaban J connectivity index is 2.43. The maximum atomic E-state index is 12.9. The van der Waals surface area contributed by atoms with Gasteiger partial charge in [0.15, 0.2) is 0 Å². The predicted molar refractivity (Wildman–Crippen MR) is 48.8 cm³/mol. The monoisotopic (exact) mass is 180 g/mol. The minimum Gasteiger partial charge on any atom is -0.388 e. The standard InChI is InChI=1S/C11H13FO/c1-7-4-8-2-3-9(12)6-10(8)11(13)5-7/h2-3,6-7,11,13H,4-5H2,1H3. The largest absolute Gasteiger partial charge is 0.388 e. The highest BCUT2D eigenvalue weighted by molar-refractivity contribution is 5.32. The van der Waals surface area contributed by atoms with Crippen molar-refractivity contribution in [2.24, 2.45) is 5.92 Å². The first kappa shape index (κ1) is 8.70. The first-order valence-corrected chi connectivity index (χ1v) is 4.63. The summed E-state index contributed by atoms with van der Waals surface area (Å²) in [5.74, 6) is 0.236. The molecule has 1 nitrogen and oxygen atoms in total. The highest BCUT2D eigenvalue weighted by Gasteiger charge is 2.22. The summed E-state index contributed by atoms with van der Waals surface area (Å²) in [4.78, 5) is 0. The van der Waals surface area contributed by atoms with E-state index in [4.69, 9.17) is 0 Å². The molecule has 2 unspecified atom stereocenters. The van der Waals surface area contributed by atoms with Gasteiger partial charge in [-0.1, -0.05) is 13.0 Å². The third-order valence-corrected chi connectivity index (χ3v) is 2.66. The molecule has 0 fully saturated rings. The van der Waals surface area contributed by atoms with Crippen LogP contribution in [0.25, 0.3) is 0 Å². The average molecular weight is 180 g/mol. The second kappa shape index (κ2) is 3.11. The Kier molecular flexibility index (Phi) is 2.08. The van der Waals surface area contributed by atoms with Gasteiger partial charge in [0.05, 0.1) is 6.10 Å². The molecule has 0 saturated heterocycles. The summed E-state index contributed by atoms with van der Waals surface area (Å²) in [7, 11) is 0. The van der Waals surface area contributed by atoms with Crippen molar-refractivity contribution in [1.82, 2.24) is 0 Å². The van der Waals surface area contributed by atoms with Crippen molar-refractivity contribution in [1.29, 1.82) is 0 Å². The Labute approximate surface area is 77.2 Å². The molecule has 1 aromatic carbocycles. The van der Waals surface area contributed by atoms with Gasteiger partial charge >= 0.3 is 0 Å². The lowest BCUT2D eigenvalue weighted by Crippen LogP contribution is -2.16. The number of fused-ring (bicyclic) bond motifs is 1. The van der Waals surface area contributed by atoms with E-state index in [9.17, 15) is 9.50 Å². The lowest BCUT2D eigenvalue weighted by Gasteiger charge is -2.26. The molecule has 0 radical (unpaired) electrons. The number of aliphatic hydroxyl groups excluding tert-OH is 1. The quantitative estimate of drug-likeness (QED) is 0.650. The van der Waals surface area contributed by atoms with Crippen LogP contribution >= 0.6 is 0 Å². The number of rotatable bonds is 0. The van der Waals surface area contributed by atoms with Crippen molar-refractivity contribution in [2.75, 3.05) is 0 Å². The van der Waals surface area contributed by atoms with Gasteiger partial charge in [-0.3, -0.25) is 0 Å². The van der Waals surface area contributed by atoms with Crippen molar-refractivity contribution >= 4 is 0 Å². The Morgan fingerprint density at radius 2 is 2.23 bits per heavy atom. The maximum absolute atomic E-state index is 12.9. The van der Waals surface area contributed by atoms with Crippen LogP contribution in [-0.2, 0) is 6.42 Å². The number of halogens is 1. The normalized spacial score (nSPS) is 27.0. The van der Waals surface area contributed by atoms with Gasteiger partial charge in [0.2, 0.25) is 0 Å². The average Bonchev–Trinajstić information content (AvgIpc) is 2.06. The van der Waals surface area contributed by atoms with Crippen LogP contribution in [-0.4, -0.2) is 5.11 Å². The van der Waals surface area contributed by atoms with Gasteiger partial charge in [0, 0.05) is 0 Å². The molecule has 2 rings (SSSR count).